The Morgan fingerprint density at radius 1 is 1.17 bits per heavy atom. The smallest absolute Gasteiger partial charge is 0.341 e. The van der Waals surface area contributed by atoms with E-state index in [1.54, 1.807) is 0 Å². The lowest BCUT2D eigenvalue weighted by Gasteiger charge is -2.30. The fourth-order valence-corrected chi connectivity index (χ4v) is 2.95. The first-order valence-electron chi connectivity index (χ1n) is 7.92. The van der Waals surface area contributed by atoms with Gasteiger partial charge in [0, 0.05) is 31.2 Å². The molecule has 2 heterocycles. The average molecular weight is 308 g/mol. The van der Waals surface area contributed by atoms with Crippen LogP contribution in [0.4, 0.5) is 5.69 Å². The molecular weight excluding hydrogens is 288 g/mol. The first kappa shape index (κ1) is 15.2. The molecule has 0 atom stereocenters. The summed E-state index contributed by atoms with van der Waals surface area (Å²) >= 11 is 0. The summed E-state index contributed by atoms with van der Waals surface area (Å²) in [5.41, 5.74) is 2.44. The molecule has 2 aromatic rings. The van der Waals surface area contributed by atoms with E-state index >= 15 is 0 Å². The minimum absolute atomic E-state index is 0.00792. The average Bonchev–Trinajstić information content (AvgIpc) is 3.14. The van der Waals surface area contributed by atoms with Crippen LogP contribution in [0.1, 0.15) is 29.6 Å². The van der Waals surface area contributed by atoms with E-state index in [9.17, 15) is 4.79 Å². The van der Waals surface area contributed by atoms with Crippen LogP contribution >= 0.6 is 0 Å². The Balaban J connectivity index is 1.97. The van der Waals surface area contributed by atoms with Crippen LogP contribution in [0, 0.1) is 12.3 Å². The summed E-state index contributed by atoms with van der Waals surface area (Å²) in [6, 6.07) is 9.82. The zero-order chi connectivity index (χ0) is 16.1. The summed E-state index contributed by atoms with van der Waals surface area (Å²) in [5.74, 6) is 1.98. The fourth-order valence-electron chi connectivity index (χ4n) is 2.95. The highest BCUT2D eigenvalue weighted by Gasteiger charge is 2.20. The van der Waals surface area contributed by atoms with Crippen LogP contribution in [0.15, 0.2) is 42.7 Å². The number of anilines is 1. The standard InChI is InChI=1S/C19H20N2O2/c1-2-14-23-19(22)17-15-16(20-10-6-7-11-20)8-9-18(17)21-12-4-3-5-13-21/h1,6-11,15H,3-5,12-14H2. The van der Waals surface area contributed by atoms with Crippen LogP contribution < -0.4 is 4.90 Å². The molecule has 0 spiro atoms. The SMILES string of the molecule is C#CCOC(=O)c1cc(-n2cccc2)ccc1N1CCCCC1. The number of aromatic nitrogens is 1. The van der Waals surface area contributed by atoms with Crippen LogP contribution in [0.25, 0.3) is 5.69 Å². The summed E-state index contributed by atoms with van der Waals surface area (Å²) in [5, 5.41) is 0. The van der Waals surface area contributed by atoms with Gasteiger partial charge in [-0.2, -0.15) is 0 Å². The number of nitrogens with zero attached hydrogens (tertiary/aromatic N) is 2. The third kappa shape index (κ3) is 3.40. The van der Waals surface area contributed by atoms with Crippen LogP contribution in [0.3, 0.4) is 0 Å². The molecule has 0 bridgehead atoms. The van der Waals surface area contributed by atoms with Gasteiger partial charge in [-0.3, -0.25) is 0 Å². The van der Waals surface area contributed by atoms with Crippen molar-refractivity contribution in [2.75, 3.05) is 24.6 Å². The number of carbonyl (C=O) groups is 1. The van der Waals surface area contributed by atoms with E-state index in [0.29, 0.717) is 5.56 Å². The van der Waals surface area contributed by atoms with Crippen molar-refractivity contribution in [3.8, 4) is 18.0 Å². The number of terminal acetylenes is 1. The molecule has 4 heteroatoms. The van der Waals surface area contributed by atoms with Gasteiger partial charge < -0.3 is 14.2 Å². The van der Waals surface area contributed by atoms with Crippen molar-refractivity contribution in [2.45, 2.75) is 19.3 Å². The van der Waals surface area contributed by atoms with Crippen molar-refractivity contribution < 1.29 is 9.53 Å². The van der Waals surface area contributed by atoms with E-state index in [0.717, 1.165) is 37.3 Å². The van der Waals surface area contributed by atoms with Gasteiger partial charge in [-0.1, -0.05) is 5.92 Å². The molecule has 1 fully saturated rings. The minimum atomic E-state index is -0.363. The molecule has 0 amide bonds. The normalized spacial score (nSPS) is 14.3. The second-order valence-electron chi connectivity index (χ2n) is 5.62. The van der Waals surface area contributed by atoms with Gasteiger partial charge in [-0.25, -0.2) is 4.79 Å². The van der Waals surface area contributed by atoms with Crippen LogP contribution in [0.2, 0.25) is 0 Å². The Kier molecular flexibility index (Phi) is 4.68. The third-order valence-electron chi connectivity index (χ3n) is 4.09. The molecule has 0 N–H and O–H groups in total. The molecule has 1 saturated heterocycles. The molecule has 0 unspecified atom stereocenters. The molecule has 118 valence electrons. The van der Waals surface area contributed by atoms with Crippen LogP contribution in [-0.2, 0) is 4.74 Å². The van der Waals surface area contributed by atoms with E-state index < -0.39 is 0 Å². The van der Waals surface area contributed by atoms with Crippen LogP contribution in [-0.4, -0.2) is 30.2 Å². The summed E-state index contributed by atoms with van der Waals surface area (Å²) in [6.07, 6.45) is 12.6. The Bertz CT molecular complexity index is 707. The number of hydrogen-bond donors (Lipinski definition) is 0. The van der Waals surface area contributed by atoms with E-state index in [1.165, 1.54) is 6.42 Å². The lowest BCUT2D eigenvalue weighted by atomic mass is 10.1. The van der Waals surface area contributed by atoms with Gasteiger partial charge >= 0.3 is 5.97 Å². The largest absolute Gasteiger partial charge is 0.449 e. The molecule has 0 radical (unpaired) electrons. The molecule has 4 nitrogen and oxygen atoms in total. The highest BCUT2D eigenvalue weighted by Crippen LogP contribution is 2.27. The molecule has 1 aromatic carbocycles. The van der Waals surface area contributed by atoms with E-state index in [1.807, 2.05) is 47.3 Å². The third-order valence-corrected chi connectivity index (χ3v) is 4.09. The topological polar surface area (TPSA) is 34.5 Å². The van der Waals surface area contributed by atoms with Gasteiger partial charge in [0.1, 0.15) is 0 Å². The predicted molar refractivity (Wildman–Crippen MR) is 90.9 cm³/mol. The number of ether oxygens (including phenoxy) is 1. The van der Waals surface area contributed by atoms with E-state index in [-0.39, 0.29) is 12.6 Å². The number of benzene rings is 1. The molecular formula is C19H20N2O2. The molecule has 0 saturated carbocycles. The number of carbonyl (C=O) groups excluding carboxylic acids is 1. The molecule has 1 aromatic heterocycles. The predicted octanol–water partition coefficient (Wildman–Crippen LogP) is 3.26. The van der Waals surface area contributed by atoms with Gasteiger partial charge in [0.2, 0.25) is 0 Å². The monoisotopic (exact) mass is 308 g/mol. The lowest BCUT2D eigenvalue weighted by Crippen LogP contribution is -2.31. The number of rotatable bonds is 4. The zero-order valence-corrected chi connectivity index (χ0v) is 13.1. The number of piperidine rings is 1. The van der Waals surface area contributed by atoms with Gasteiger partial charge in [-0.15, -0.1) is 6.42 Å². The second kappa shape index (κ2) is 7.06. The van der Waals surface area contributed by atoms with E-state index in [4.69, 9.17) is 11.2 Å². The van der Waals surface area contributed by atoms with Crippen molar-refractivity contribution in [3.05, 3.63) is 48.3 Å². The summed E-state index contributed by atoms with van der Waals surface area (Å²) in [6.45, 7) is 1.93. The molecule has 1 aliphatic heterocycles. The van der Waals surface area contributed by atoms with Crippen molar-refractivity contribution in [3.63, 3.8) is 0 Å². The molecule has 23 heavy (non-hydrogen) atoms. The fraction of sp³-hybridized carbons (Fsp3) is 0.316. The second-order valence-corrected chi connectivity index (χ2v) is 5.62. The maximum atomic E-state index is 12.4. The van der Waals surface area contributed by atoms with E-state index in [2.05, 4.69) is 10.8 Å². The first-order valence-corrected chi connectivity index (χ1v) is 7.92. The summed E-state index contributed by atoms with van der Waals surface area (Å²) in [4.78, 5) is 14.7. The number of hydrogen-bond acceptors (Lipinski definition) is 3. The molecule has 1 aliphatic rings. The van der Waals surface area contributed by atoms with Gasteiger partial charge in [-0.05, 0) is 49.6 Å². The summed E-state index contributed by atoms with van der Waals surface area (Å²) in [7, 11) is 0. The molecule has 3 rings (SSSR count). The highest BCUT2D eigenvalue weighted by molar-refractivity contribution is 5.96. The Hall–Kier alpha value is -2.67. The quantitative estimate of drug-likeness (QED) is 0.642. The first-order chi connectivity index (χ1) is 11.3. The maximum Gasteiger partial charge on any atom is 0.341 e. The van der Waals surface area contributed by atoms with Crippen molar-refractivity contribution >= 4 is 11.7 Å². The Labute approximate surface area is 136 Å². The van der Waals surface area contributed by atoms with Gasteiger partial charge in [0.15, 0.2) is 6.61 Å². The number of esters is 1. The van der Waals surface area contributed by atoms with Gasteiger partial charge in [0.05, 0.1) is 11.3 Å². The Morgan fingerprint density at radius 2 is 1.91 bits per heavy atom. The van der Waals surface area contributed by atoms with Crippen molar-refractivity contribution in [2.24, 2.45) is 0 Å². The maximum absolute atomic E-state index is 12.4. The highest BCUT2D eigenvalue weighted by atomic mass is 16.5. The molecule has 0 aliphatic carbocycles. The lowest BCUT2D eigenvalue weighted by molar-refractivity contribution is 0.0557. The van der Waals surface area contributed by atoms with Crippen molar-refractivity contribution in [1.82, 2.24) is 4.57 Å². The van der Waals surface area contributed by atoms with Gasteiger partial charge in [0.25, 0.3) is 0 Å². The minimum Gasteiger partial charge on any atom is -0.449 e. The van der Waals surface area contributed by atoms with Crippen molar-refractivity contribution in [1.29, 1.82) is 0 Å². The Morgan fingerprint density at radius 3 is 2.61 bits per heavy atom. The van der Waals surface area contributed by atoms with Crippen LogP contribution in [0.5, 0.6) is 0 Å². The zero-order valence-electron chi connectivity index (χ0n) is 13.1. The summed E-state index contributed by atoms with van der Waals surface area (Å²) < 4.78 is 7.14.